The summed E-state index contributed by atoms with van der Waals surface area (Å²) in [6.45, 7) is 2.15. The second-order valence-corrected chi connectivity index (χ2v) is 4.93. The van der Waals surface area contributed by atoms with Crippen molar-refractivity contribution in [2.75, 3.05) is 40.9 Å². The van der Waals surface area contributed by atoms with E-state index in [4.69, 9.17) is 17.0 Å². The zero-order valence-corrected chi connectivity index (χ0v) is 12.7. The highest BCUT2D eigenvalue weighted by atomic mass is 32.1. The van der Waals surface area contributed by atoms with Gasteiger partial charge in [-0.15, -0.1) is 0 Å². The lowest BCUT2D eigenvalue weighted by Crippen LogP contribution is -2.41. The molecule has 0 aliphatic rings. The maximum Gasteiger partial charge on any atom is 0.166 e. The number of likely N-dealkylation sites (N-methyl/N-ethyl adjacent to an activating group) is 1. The Morgan fingerprint density at radius 3 is 2.53 bits per heavy atom. The van der Waals surface area contributed by atoms with Crippen LogP contribution in [-0.4, -0.2) is 50.9 Å². The fourth-order valence-electron chi connectivity index (χ4n) is 1.79. The van der Waals surface area contributed by atoms with Gasteiger partial charge in [0.25, 0.3) is 0 Å². The third-order valence-electron chi connectivity index (χ3n) is 2.86. The summed E-state index contributed by atoms with van der Waals surface area (Å²) in [7, 11) is 5.82. The molecule has 1 aromatic carbocycles. The first-order chi connectivity index (χ1) is 9.15. The van der Waals surface area contributed by atoms with Crippen LogP contribution in [0.3, 0.4) is 0 Å². The minimum absolute atomic E-state index is 0.295. The third kappa shape index (κ3) is 6.00. The fraction of sp³-hybridized carbons (Fsp3) is 0.500. The Morgan fingerprint density at radius 1 is 1.26 bits per heavy atom. The Morgan fingerprint density at radius 2 is 1.95 bits per heavy atom. The lowest BCUT2D eigenvalue weighted by molar-refractivity contribution is 0.203. The summed E-state index contributed by atoms with van der Waals surface area (Å²) >= 11 is 5.23. The number of nitrogens with zero attached hydrogens (tertiary/aromatic N) is 1. The largest absolute Gasteiger partial charge is 0.383 e. The van der Waals surface area contributed by atoms with Gasteiger partial charge in [-0.2, -0.15) is 0 Å². The molecule has 0 bridgehead atoms. The first-order valence-electron chi connectivity index (χ1n) is 6.37. The molecule has 0 spiro atoms. The van der Waals surface area contributed by atoms with Crippen molar-refractivity contribution in [3.63, 3.8) is 0 Å². The molecule has 1 unspecified atom stereocenters. The average Bonchev–Trinajstić information content (AvgIpc) is 2.40. The Hall–Kier alpha value is -1.17. The van der Waals surface area contributed by atoms with Gasteiger partial charge in [0.05, 0.1) is 12.6 Å². The Balaban J connectivity index is 2.45. The maximum atomic E-state index is 5.23. The number of hydrogen-bond donors (Lipinski definition) is 2. The van der Waals surface area contributed by atoms with Crippen molar-refractivity contribution in [3.05, 3.63) is 35.9 Å². The minimum Gasteiger partial charge on any atom is -0.383 e. The zero-order chi connectivity index (χ0) is 14.1. The van der Waals surface area contributed by atoms with E-state index in [1.54, 1.807) is 7.11 Å². The van der Waals surface area contributed by atoms with Crippen molar-refractivity contribution in [1.82, 2.24) is 15.5 Å². The first kappa shape index (κ1) is 15.9. The molecule has 0 radical (unpaired) electrons. The maximum absolute atomic E-state index is 5.23. The summed E-state index contributed by atoms with van der Waals surface area (Å²) in [4.78, 5) is 2.18. The molecule has 0 saturated carbocycles. The molecule has 0 amide bonds. The van der Waals surface area contributed by atoms with Gasteiger partial charge >= 0.3 is 0 Å². The molecule has 4 nitrogen and oxygen atoms in total. The molecule has 0 fully saturated rings. The molecule has 0 aliphatic heterocycles. The lowest BCUT2D eigenvalue weighted by Gasteiger charge is -2.25. The van der Waals surface area contributed by atoms with Gasteiger partial charge in [-0.25, -0.2) is 0 Å². The normalized spacial score (nSPS) is 12.2. The van der Waals surface area contributed by atoms with E-state index >= 15 is 0 Å². The van der Waals surface area contributed by atoms with E-state index < -0.39 is 0 Å². The van der Waals surface area contributed by atoms with E-state index in [1.165, 1.54) is 5.56 Å². The van der Waals surface area contributed by atoms with Gasteiger partial charge in [-0.3, -0.25) is 0 Å². The van der Waals surface area contributed by atoms with Crippen molar-refractivity contribution in [2.45, 2.75) is 6.04 Å². The standard InChI is InChI=1S/C14H23N3OS/c1-17(2)13(12-7-5-4-6-8-12)11-16-14(19)15-9-10-18-3/h4-8,13H,9-11H2,1-3H3,(H2,15,16,19). The number of methoxy groups -OCH3 is 1. The highest BCUT2D eigenvalue weighted by Crippen LogP contribution is 2.16. The van der Waals surface area contributed by atoms with Crippen molar-refractivity contribution >= 4 is 17.3 Å². The van der Waals surface area contributed by atoms with Gasteiger partial charge in [-0.1, -0.05) is 30.3 Å². The van der Waals surface area contributed by atoms with E-state index in [-0.39, 0.29) is 0 Å². The Kier molecular flexibility index (Phi) is 7.40. The molecule has 106 valence electrons. The average molecular weight is 281 g/mol. The van der Waals surface area contributed by atoms with Crippen LogP contribution in [0.4, 0.5) is 0 Å². The SMILES string of the molecule is COCCNC(=S)NCC(c1ccccc1)N(C)C. The van der Waals surface area contributed by atoms with Crippen molar-refractivity contribution in [3.8, 4) is 0 Å². The van der Waals surface area contributed by atoms with Crippen LogP contribution in [0.2, 0.25) is 0 Å². The predicted molar refractivity (Wildman–Crippen MR) is 83.3 cm³/mol. The lowest BCUT2D eigenvalue weighted by atomic mass is 10.1. The molecular weight excluding hydrogens is 258 g/mol. The van der Waals surface area contributed by atoms with Gasteiger partial charge < -0.3 is 20.3 Å². The van der Waals surface area contributed by atoms with Crippen LogP contribution in [-0.2, 0) is 4.74 Å². The van der Waals surface area contributed by atoms with Crippen LogP contribution >= 0.6 is 12.2 Å². The highest BCUT2D eigenvalue weighted by Gasteiger charge is 2.13. The molecule has 5 heteroatoms. The van der Waals surface area contributed by atoms with E-state index in [2.05, 4.69) is 53.9 Å². The molecule has 1 atom stereocenters. The Bertz CT molecular complexity index is 370. The molecule has 0 aliphatic carbocycles. The highest BCUT2D eigenvalue weighted by molar-refractivity contribution is 7.80. The zero-order valence-electron chi connectivity index (χ0n) is 11.8. The van der Waals surface area contributed by atoms with Crippen LogP contribution in [0, 0.1) is 0 Å². The van der Waals surface area contributed by atoms with Gasteiger partial charge in [-0.05, 0) is 31.9 Å². The van der Waals surface area contributed by atoms with Crippen LogP contribution in [0.15, 0.2) is 30.3 Å². The summed E-state index contributed by atoms with van der Waals surface area (Å²) in [6, 6.07) is 10.7. The second kappa shape index (κ2) is 8.85. The number of benzene rings is 1. The predicted octanol–water partition coefficient (Wildman–Crippen LogP) is 1.40. The summed E-state index contributed by atoms with van der Waals surface area (Å²) in [5.41, 5.74) is 1.28. The van der Waals surface area contributed by atoms with Gasteiger partial charge in [0.1, 0.15) is 0 Å². The van der Waals surface area contributed by atoms with E-state index in [0.29, 0.717) is 17.8 Å². The van der Waals surface area contributed by atoms with Crippen LogP contribution in [0.1, 0.15) is 11.6 Å². The molecule has 19 heavy (non-hydrogen) atoms. The summed E-state index contributed by atoms with van der Waals surface area (Å²) in [5.74, 6) is 0. The number of thiocarbonyl (C=S) groups is 1. The van der Waals surface area contributed by atoms with E-state index in [1.807, 2.05) is 6.07 Å². The molecule has 0 saturated heterocycles. The minimum atomic E-state index is 0.295. The number of hydrogen-bond acceptors (Lipinski definition) is 3. The molecule has 0 heterocycles. The topological polar surface area (TPSA) is 36.5 Å². The number of rotatable bonds is 7. The van der Waals surface area contributed by atoms with E-state index in [0.717, 1.165) is 13.1 Å². The van der Waals surface area contributed by atoms with E-state index in [9.17, 15) is 0 Å². The molecule has 0 aromatic heterocycles. The fourth-order valence-corrected chi connectivity index (χ4v) is 1.98. The third-order valence-corrected chi connectivity index (χ3v) is 3.14. The Labute approximate surface area is 121 Å². The molecule has 1 rings (SSSR count). The first-order valence-corrected chi connectivity index (χ1v) is 6.78. The number of nitrogens with one attached hydrogen (secondary N) is 2. The number of ether oxygens (including phenoxy) is 1. The van der Waals surface area contributed by atoms with Gasteiger partial charge in [0.15, 0.2) is 5.11 Å². The summed E-state index contributed by atoms with van der Waals surface area (Å²) in [5, 5.41) is 7.02. The molecule has 2 N–H and O–H groups in total. The summed E-state index contributed by atoms with van der Waals surface area (Å²) in [6.07, 6.45) is 0. The smallest absolute Gasteiger partial charge is 0.166 e. The van der Waals surface area contributed by atoms with Gasteiger partial charge in [0, 0.05) is 20.2 Å². The monoisotopic (exact) mass is 281 g/mol. The molecular formula is C14H23N3OS. The van der Waals surface area contributed by atoms with Crippen LogP contribution in [0.5, 0.6) is 0 Å². The summed E-state index contributed by atoms with van der Waals surface area (Å²) < 4.78 is 4.97. The quantitative estimate of drug-likeness (QED) is 0.584. The van der Waals surface area contributed by atoms with Crippen LogP contribution < -0.4 is 10.6 Å². The van der Waals surface area contributed by atoms with Crippen LogP contribution in [0.25, 0.3) is 0 Å². The molecule has 1 aromatic rings. The second-order valence-electron chi connectivity index (χ2n) is 4.52. The van der Waals surface area contributed by atoms with Crippen molar-refractivity contribution in [2.24, 2.45) is 0 Å². The van der Waals surface area contributed by atoms with Gasteiger partial charge in [0.2, 0.25) is 0 Å². The van der Waals surface area contributed by atoms with Crippen molar-refractivity contribution < 1.29 is 4.74 Å². The van der Waals surface area contributed by atoms with Crippen molar-refractivity contribution in [1.29, 1.82) is 0 Å².